The lowest BCUT2D eigenvalue weighted by molar-refractivity contribution is 0.125. The minimum Gasteiger partial charge on any atom is -0.381 e. The van der Waals surface area contributed by atoms with E-state index in [-0.39, 0.29) is 0 Å². The van der Waals surface area contributed by atoms with E-state index in [0.29, 0.717) is 0 Å². The van der Waals surface area contributed by atoms with Gasteiger partial charge in [0.2, 0.25) is 0 Å². The Hall–Kier alpha value is -0.0800. The molecule has 0 unspecified atom stereocenters. The first kappa shape index (κ1) is 26.2. The highest BCUT2D eigenvalue weighted by Gasteiger charge is 1.94. The summed E-state index contributed by atoms with van der Waals surface area (Å²) in [4.78, 5) is 0. The maximum atomic E-state index is 5.72. The number of rotatable bonds is 18. The Balaban J connectivity index is 0. The SMILES string of the molecule is CCCCCCCCCCOCCCCCCCCCC.CNC. The third kappa shape index (κ3) is 29.9. The summed E-state index contributed by atoms with van der Waals surface area (Å²) in [6.07, 6.45) is 22.2. The summed E-state index contributed by atoms with van der Waals surface area (Å²) in [5.41, 5.74) is 0. The maximum absolute atomic E-state index is 5.72. The number of hydrogen-bond donors (Lipinski definition) is 1. The molecule has 0 radical (unpaired) electrons. The number of ether oxygens (including phenoxy) is 1. The van der Waals surface area contributed by atoms with Gasteiger partial charge in [0.25, 0.3) is 0 Å². The van der Waals surface area contributed by atoms with Gasteiger partial charge in [-0.2, -0.15) is 0 Å². The Morgan fingerprint density at radius 2 is 0.708 bits per heavy atom. The molecule has 0 aromatic carbocycles. The minimum atomic E-state index is 0.992. The van der Waals surface area contributed by atoms with Crippen LogP contribution >= 0.6 is 0 Å². The van der Waals surface area contributed by atoms with Crippen LogP contribution in [0.2, 0.25) is 0 Å². The van der Waals surface area contributed by atoms with E-state index < -0.39 is 0 Å². The predicted molar refractivity (Wildman–Crippen MR) is 111 cm³/mol. The molecule has 0 spiro atoms. The number of unbranched alkanes of at least 4 members (excludes halogenated alkanes) is 14. The lowest BCUT2D eigenvalue weighted by atomic mass is 10.1. The van der Waals surface area contributed by atoms with Gasteiger partial charge in [-0.05, 0) is 26.9 Å². The van der Waals surface area contributed by atoms with Crippen LogP contribution in [-0.4, -0.2) is 27.3 Å². The minimum absolute atomic E-state index is 0.992. The third-order valence-corrected chi connectivity index (χ3v) is 4.28. The summed E-state index contributed by atoms with van der Waals surface area (Å²) < 4.78 is 5.72. The fourth-order valence-corrected chi connectivity index (χ4v) is 2.78. The Kier molecular flexibility index (Phi) is 30.2. The summed E-state index contributed by atoms with van der Waals surface area (Å²) in [6.45, 7) is 6.55. The van der Waals surface area contributed by atoms with Crippen LogP contribution in [0, 0.1) is 0 Å². The Bertz CT molecular complexity index is 167. The van der Waals surface area contributed by atoms with Crippen molar-refractivity contribution in [1.29, 1.82) is 0 Å². The fourth-order valence-electron chi connectivity index (χ4n) is 2.78. The van der Waals surface area contributed by atoms with Crippen LogP contribution < -0.4 is 5.32 Å². The van der Waals surface area contributed by atoms with E-state index in [0.717, 1.165) is 13.2 Å². The number of hydrogen-bond acceptors (Lipinski definition) is 2. The molecule has 0 saturated heterocycles. The van der Waals surface area contributed by atoms with Gasteiger partial charge < -0.3 is 10.1 Å². The standard InChI is InChI=1S/C20H42O.C2H7N/c1-3-5-7-9-11-13-15-17-19-21-20-18-16-14-12-10-8-6-4-2;1-3-2/h3-20H2,1-2H3;3H,1-2H3. The van der Waals surface area contributed by atoms with Crippen molar-refractivity contribution in [3.63, 3.8) is 0 Å². The van der Waals surface area contributed by atoms with Crippen LogP contribution in [-0.2, 0) is 4.74 Å². The van der Waals surface area contributed by atoms with Crippen molar-refractivity contribution in [2.75, 3.05) is 27.3 Å². The van der Waals surface area contributed by atoms with E-state index in [9.17, 15) is 0 Å². The molecule has 0 saturated carbocycles. The van der Waals surface area contributed by atoms with Gasteiger partial charge in [0.05, 0.1) is 0 Å². The molecule has 0 aliphatic heterocycles. The average Bonchev–Trinajstić information content (AvgIpc) is 2.58. The van der Waals surface area contributed by atoms with E-state index in [2.05, 4.69) is 19.2 Å². The van der Waals surface area contributed by atoms with Gasteiger partial charge in [-0.1, -0.05) is 104 Å². The Morgan fingerprint density at radius 3 is 1.00 bits per heavy atom. The molecule has 0 aliphatic rings. The van der Waals surface area contributed by atoms with Crippen molar-refractivity contribution in [2.24, 2.45) is 0 Å². The third-order valence-electron chi connectivity index (χ3n) is 4.28. The molecule has 2 heteroatoms. The molecule has 0 heterocycles. The van der Waals surface area contributed by atoms with Gasteiger partial charge in [0.15, 0.2) is 0 Å². The Morgan fingerprint density at radius 1 is 0.458 bits per heavy atom. The van der Waals surface area contributed by atoms with Crippen LogP contribution in [0.25, 0.3) is 0 Å². The van der Waals surface area contributed by atoms with E-state index in [1.54, 1.807) is 0 Å². The van der Waals surface area contributed by atoms with Gasteiger partial charge in [0, 0.05) is 13.2 Å². The van der Waals surface area contributed by atoms with Crippen molar-refractivity contribution in [1.82, 2.24) is 5.32 Å². The lowest BCUT2D eigenvalue weighted by Crippen LogP contribution is -1.97. The van der Waals surface area contributed by atoms with Crippen molar-refractivity contribution in [3.8, 4) is 0 Å². The van der Waals surface area contributed by atoms with E-state index in [1.165, 1.54) is 103 Å². The van der Waals surface area contributed by atoms with Crippen LogP contribution in [0.4, 0.5) is 0 Å². The molecule has 1 N–H and O–H groups in total. The average molecular weight is 344 g/mol. The monoisotopic (exact) mass is 343 g/mol. The second kappa shape index (κ2) is 27.8. The zero-order chi connectivity index (χ0) is 18.1. The van der Waals surface area contributed by atoms with Gasteiger partial charge in [-0.15, -0.1) is 0 Å². The molecule has 148 valence electrons. The second-order valence-corrected chi connectivity index (χ2v) is 7.06. The quantitative estimate of drug-likeness (QED) is 0.267. The predicted octanol–water partition coefficient (Wildman–Crippen LogP) is 7.12. The normalized spacial score (nSPS) is 10.5. The molecule has 0 aromatic heterocycles. The smallest absolute Gasteiger partial charge is 0.0466 e. The van der Waals surface area contributed by atoms with Crippen LogP contribution in [0.3, 0.4) is 0 Å². The second-order valence-electron chi connectivity index (χ2n) is 7.06. The molecule has 24 heavy (non-hydrogen) atoms. The summed E-state index contributed by atoms with van der Waals surface area (Å²) in [5.74, 6) is 0. The molecule has 0 aliphatic carbocycles. The summed E-state index contributed by atoms with van der Waals surface area (Å²) in [5, 5.41) is 2.75. The van der Waals surface area contributed by atoms with Gasteiger partial charge in [-0.3, -0.25) is 0 Å². The van der Waals surface area contributed by atoms with Crippen molar-refractivity contribution in [3.05, 3.63) is 0 Å². The highest BCUT2D eigenvalue weighted by atomic mass is 16.5. The lowest BCUT2D eigenvalue weighted by Gasteiger charge is -2.05. The zero-order valence-electron chi connectivity index (χ0n) is 17.6. The Labute approximate surface area is 154 Å². The highest BCUT2D eigenvalue weighted by Crippen LogP contribution is 2.10. The van der Waals surface area contributed by atoms with E-state index >= 15 is 0 Å². The molecule has 0 fully saturated rings. The largest absolute Gasteiger partial charge is 0.381 e. The molecule has 0 rings (SSSR count). The zero-order valence-corrected chi connectivity index (χ0v) is 17.6. The molecular formula is C22H49NO. The first-order chi connectivity index (χ1) is 11.8. The van der Waals surface area contributed by atoms with Gasteiger partial charge in [0.1, 0.15) is 0 Å². The summed E-state index contributed by atoms with van der Waals surface area (Å²) >= 11 is 0. The fraction of sp³-hybridized carbons (Fsp3) is 1.00. The summed E-state index contributed by atoms with van der Waals surface area (Å²) in [7, 11) is 3.75. The molecular weight excluding hydrogens is 294 g/mol. The molecule has 2 nitrogen and oxygen atoms in total. The molecule has 0 aromatic rings. The highest BCUT2D eigenvalue weighted by molar-refractivity contribution is 4.47. The van der Waals surface area contributed by atoms with Crippen molar-refractivity contribution >= 4 is 0 Å². The van der Waals surface area contributed by atoms with Crippen molar-refractivity contribution in [2.45, 2.75) is 117 Å². The van der Waals surface area contributed by atoms with Gasteiger partial charge in [-0.25, -0.2) is 0 Å². The van der Waals surface area contributed by atoms with E-state index in [4.69, 9.17) is 4.74 Å². The molecule has 0 amide bonds. The topological polar surface area (TPSA) is 21.3 Å². The first-order valence-corrected chi connectivity index (χ1v) is 11.0. The van der Waals surface area contributed by atoms with Gasteiger partial charge >= 0.3 is 0 Å². The van der Waals surface area contributed by atoms with Crippen LogP contribution in [0.5, 0.6) is 0 Å². The van der Waals surface area contributed by atoms with Crippen molar-refractivity contribution < 1.29 is 4.74 Å². The summed E-state index contributed by atoms with van der Waals surface area (Å²) in [6, 6.07) is 0. The molecule has 0 bridgehead atoms. The first-order valence-electron chi connectivity index (χ1n) is 11.0. The maximum Gasteiger partial charge on any atom is 0.0466 e. The number of nitrogens with one attached hydrogen (secondary N) is 1. The van der Waals surface area contributed by atoms with E-state index in [1.807, 2.05) is 14.1 Å². The van der Waals surface area contributed by atoms with Crippen LogP contribution in [0.1, 0.15) is 117 Å². The molecule has 0 atom stereocenters. The van der Waals surface area contributed by atoms with Crippen LogP contribution in [0.15, 0.2) is 0 Å².